The number of para-hydroxylation sites is 1. The van der Waals surface area contributed by atoms with Gasteiger partial charge in [-0.25, -0.2) is 4.98 Å². The minimum Gasteiger partial charge on any atom is -0.446 e. The van der Waals surface area contributed by atoms with Crippen LogP contribution in [0.25, 0.3) is 5.69 Å². The van der Waals surface area contributed by atoms with Crippen LogP contribution in [0.3, 0.4) is 0 Å². The average molecular weight is 397 g/mol. The minimum absolute atomic E-state index is 0.0919. The van der Waals surface area contributed by atoms with Gasteiger partial charge in [-0.2, -0.15) is 15.0 Å². The molecule has 154 valence electrons. The normalized spacial score (nSPS) is 11.6. The maximum atomic E-state index is 13.3. The second-order valence-corrected chi connectivity index (χ2v) is 7.45. The van der Waals surface area contributed by atoms with E-state index in [4.69, 9.17) is 4.42 Å². The van der Waals surface area contributed by atoms with Crippen molar-refractivity contribution in [2.45, 2.75) is 46.1 Å². The molecule has 1 aromatic carbocycles. The average Bonchev–Trinajstić information content (AvgIpc) is 3.34. The number of oxazole rings is 1. The predicted molar refractivity (Wildman–Crippen MR) is 108 cm³/mol. The molecule has 3 rings (SSSR count). The Labute approximate surface area is 170 Å². The fourth-order valence-corrected chi connectivity index (χ4v) is 3.28. The van der Waals surface area contributed by atoms with Gasteiger partial charge < -0.3 is 14.4 Å². The number of hydrogen-bond donors (Lipinski definition) is 1. The molecule has 2 heterocycles. The standard InChI is InChI=1S/C21H27N5O3/c1-5-13-25(14-10-18-24-19(15(2)29-18)21(3,4)28)20(27)16-8-6-7-9-17(16)26-22-11-12-23-26/h6-9,11-12,28H,5,10,13-14H2,1-4H3. The van der Waals surface area contributed by atoms with Crippen LogP contribution >= 0.6 is 0 Å². The lowest BCUT2D eigenvalue weighted by atomic mass is 10.0. The van der Waals surface area contributed by atoms with E-state index in [2.05, 4.69) is 15.2 Å². The van der Waals surface area contributed by atoms with Gasteiger partial charge in [-0.15, -0.1) is 0 Å². The third-order valence-corrected chi connectivity index (χ3v) is 4.57. The minimum atomic E-state index is -1.07. The number of aryl methyl sites for hydroxylation is 1. The molecule has 29 heavy (non-hydrogen) atoms. The van der Waals surface area contributed by atoms with Crippen LogP contribution in [-0.4, -0.2) is 49.0 Å². The van der Waals surface area contributed by atoms with E-state index in [9.17, 15) is 9.90 Å². The Hall–Kier alpha value is -3.00. The summed E-state index contributed by atoms with van der Waals surface area (Å²) in [6.07, 6.45) is 4.45. The van der Waals surface area contributed by atoms with Gasteiger partial charge >= 0.3 is 0 Å². The highest BCUT2D eigenvalue weighted by Gasteiger charge is 2.25. The summed E-state index contributed by atoms with van der Waals surface area (Å²) >= 11 is 0. The second-order valence-electron chi connectivity index (χ2n) is 7.45. The lowest BCUT2D eigenvalue weighted by Crippen LogP contribution is -2.34. The van der Waals surface area contributed by atoms with Crippen molar-refractivity contribution in [1.29, 1.82) is 0 Å². The van der Waals surface area contributed by atoms with Crippen LogP contribution in [-0.2, 0) is 12.0 Å². The summed E-state index contributed by atoms with van der Waals surface area (Å²) in [7, 11) is 0. The Morgan fingerprint density at radius 2 is 1.90 bits per heavy atom. The predicted octanol–water partition coefficient (Wildman–Crippen LogP) is 2.89. The van der Waals surface area contributed by atoms with Crippen molar-refractivity contribution in [3.63, 3.8) is 0 Å². The molecule has 0 atom stereocenters. The van der Waals surface area contributed by atoms with E-state index >= 15 is 0 Å². The molecule has 0 unspecified atom stereocenters. The first-order valence-corrected chi connectivity index (χ1v) is 9.75. The molecule has 0 saturated carbocycles. The number of hydrogen-bond acceptors (Lipinski definition) is 6. The molecule has 0 radical (unpaired) electrons. The van der Waals surface area contributed by atoms with Gasteiger partial charge in [0.2, 0.25) is 0 Å². The first-order valence-electron chi connectivity index (χ1n) is 9.75. The maximum Gasteiger partial charge on any atom is 0.256 e. The number of benzene rings is 1. The number of nitrogens with zero attached hydrogens (tertiary/aromatic N) is 5. The Balaban J connectivity index is 1.80. The molecule has 8 heteroatoms. The summed E-state index contributed by atoms with van der Waals surface area (Å²) in [5, 5.41) is 18.5. The molecule has 0 aliphatic carbocycles. The van der Waals surface area contributed by atoms with Crippen LogP contribution < -0.4 is 0 Å². The number of carbonyl (C=O) groups is 1. The van der Waals surface area contributed by atoms with Crippen LogP contribution in [0.15, 0.2) is 41.1 Å². The number of aliphatic hydroxyl groups is 1. The highest BCUT2D eigenvalue weighted by atomic mass is 16.4. The monoisotopic (exact) mass is 397 g/mol. The van der Waals surface area contributed by atoms with Gasteiger partial charge in [0.1, 0.15) is 17.1 Å². The summed E-state index contributed by atoms with van der Waals surface area (Å²) in [5.74, 6) is 1.01. The van der Waals surface area contributed by atoms with Crippen molar-refractivity contribution < 1.29 is 14.3 Å². The van der Waals surface area contributed by atoms with Crippen molar-refractivity contribution >= 4 is 5.91 Å². The molecule has 1 amide bonds. The quantitative estimate of drug-likeness (QED) is 0.628. The van der Waals surface area contributed by atoms with Crippen LogP contribution in [0.2, 0.25) is 0 Å². The summed E-state index contributed by atoms with van der Waals surface area (Å²) < 4.78 is 5.70. The van der Waals surface area contributed by atoms with E-state index in [1.165, 1.54) is 4.80 Å². The zero-order chi connectivity index (χ0) is 21.0. The van der Waals surface area contributed by atoms with Crippen LogP contribution in [0.1, 0.15) is 54.9 Å². The van der Waals surface area contributed by atoms with Crippen LogP contribution in [0.5, 0.6) is 0 Å². The molecule has 1 N–H and O–H groups in total. The van der Waals surface area contributed by atoms with Crippen molar-refractivity contribution in [3.05, 3.63) is 59.6 Å². The first-order chi connectivity index (χ1) is 13.8. The molecule has 0 saturated heterocycles. The molecule has 0 aliphatic rings. The van der Waals surface area contributed by atoms with Gasteiger partial charge in [-0.05, 0) is 39.3 Å². The molecule has 0 fully saturated rings. The van der Waals surface area contributed by atoms with E-state index in [0.29, 0.717) is 48.1 Å². The van der Waals surface area contributed by atoms with E-state index in [1.807, 2.05) is 25.1 Å². The summed E-state index contributed by atoms with van der Waals surface area (Å²) in [6.45, 7) is 8.23. The maximum absolute atomic E-state index is 13.3. The SMILES string of the molecule is CCCN(CCc1nc(C(C)(C)O)c(C)o1)C(=O)c1ccccc1-n1nccn1. The summed E-state index contributed by atoms with van der Waals surface area (Å²) in [4.78, 5) is 20.9. The zero-order valence-corrected chi connectivity index (χ0v) is 17.3. The van der Waals surface area contributed by atoms with Crippen molar-refractivity contribution in [2.75, 3.05) is 13.1 Å². The Morgan fingerprint density at radius 1 is 1.21 bits per heavy atom. The first kappa shape index (κ1) is 20.7. The van der Waals surface area contributed by atoms with Crippen molar-refractivity contribution in [3.8, 4) is 5.69 Å². The van der Waals surface area contributed by atoms with E-state index in [-0.39, 0.29) is 5.91 Å². The summed E-state index contributed by atoms with van der Waals surface area (Å²) in [5.41, 5.74) is 0.634. The lowest BCUT2D eigenvalue weighted by Gasteiger charge is -2.22. The molecule has 0 spiro atoms. The Bertz CT molecular complexity index is 957. The Kier molecular flexibility index (Phi) is 6.12. The highest BCUT2D eigenvalue weighted by Crippen LogP contribution is 2.23. The molecule has 8 nitrogen and oxygen atoms in total. The van der Waals surface area contributed by atoms with Crippen molar-refractivity contribution in [2.24, 2.45) is 0 Å². The smallest absolute Gasteiger partial charge is 0.256 e. The third kappa shape index (κ3) is 4.71. The molecule has 0 aliphatic heterocycles. The zero-order valence-electron chi connectivity index (χ0n) is 17.3. The van der Waals surface area contributed by atoms with Gasteiger partial charge in [0.05, 0.1) is 23.6 Å². The van der Waals surface area contributed by atoms with Crippen LogP contribution in [0.4, 0.5) is 0 Å². The van der Waals surface area contributed by atoms with Gasteiger partial charge in [0, 0.05) is 19.5 Å². The molecule has 0 bridgehead atoms. The number of rotatable bonds is 8. The number of aromatic nitrogens is 4. The topological polar surface area (TPSA) is 97.3 Å². The molecule has 3 aromatic rings. The van der Waals surface area contributed by atoms with E-state index < -0.39 is 5.60 Å². The second kappa shape index (κ2) is 8.57. The fraction of sp³-hybridized carbons (Fsp3) is 0.429. The summed E-state index contributed by atoms with van der Waals surface area (Å²) in [6, 6.07) is 7.29. The highest BCUT2D eigenvalue weighted by molar-refractivity contribution is 5.97. The van der Waals surface area contributed by atoms with Gasteiger partial charge in [0.25, 0.3) is 5.91 Å². The van der Waals surface area contributed by atoms with E-state index in [1.54, 1.807) is 44.1 Å². The van der Waals surface area contributed by atoms with E-state index in [0.717, 1.165) is 6.42 Å². The van der Waals surface area contributed by atoms with Crippen molar-refractivity contribution in [1.82, 2.24) is 24.9 Å². The largest absolute Gasteiger partial charge is 0.446 e. The fourth-order valence-electron chi connectivity index (χ4n) is 3.28. The van der Waals surface area contributed by atoms with Gasteiger partial charge in [-0.1, -0.05) is 19.1 Å². The number of amides is 1. The van der Waals surface area contributed by atoms with Gasteiger partial charge in [-0.3, -0.25) is 4.79 Å². The Morgan fingerprint density at radius 3 is 2.52 bits per heavy atom. The molecular weight excluding hydrogens is 370 g/mol. The third-order valence-electron chi connectivity index (χ3n) is 4.57. The molecule has 2 aromatic heterocycles. The number of carbonyl (C=O) groups excluding carboxylic acids is 1. The van der Waals surface area contributed by atoms with Crippen LogP contribution in [0, 0.1) is 6.92 Å². The lowest BCUT2D eigenvalue weighted by molar-refractivity contribution is 0.0724. The van der Waals surface area contributed by atoms with Gasteiger partial charge in [0.15, 0.2) is 5.89 Å². The molecular formula is C21H27N5O3.